The number of aliphatic hydroxyl groups is 1. The summed E-state index contributed by atoms with van der Waals surface area (Å²) < 4.78 is 11.4. The Morgan fingerprint density at radius 2 is 2.11 bits per heavy atom. The molecule has 0 bridgehead atoms. The second kappa shape index (κ2) is 7.03. The fourth-order valence-corrected chi connectivity index (χ4v) is 3.16. The van der Waals surface area contributed by atoms with Crippen molar-refractivity contribution in [3.05, 3.63) is 23.8 Å². The lowest BCUT2D eigenvalue weighted by atomic mass is 10.1. The molecule has 106 valence electrons. The molecule has 1 aromatic carbocycles. The SMILES string of the molecule is COc1ccc(C(N)CO)cc1OC1CCSCC1. The van der Waals surface area contributed by atoms with Crippen molar-refractivity contribution >= 4 is 11.8 Å². The molecule has 1 unspecified atom stereocenters. The first-order valence-corrected chi connectivity index (χ1v) is 7.69. The molecule has 19 heavy (non-hydrogen) atoms. The molecule has 1 atom stereocenters. The lowest BCUT2D eigenvalue weighted by molar-refractivity contribution is 0.184. The molecule has 1 aromatic rings. The maximum Gasteiger partial charge on any atom is 0.161 e. The summed E-state index contributed by atoms with van der Waals surface area (Å²) in [6.07, 6.45) is 2.37. The van der Waals surface area contributed by atoms with Crippen LogP contribution in [0, 0.1) is 0 Å². The summed E-state index contributed by atoms with van der Waals surface area (Å²) in [5, 5.41) is 9.13. The van der Waals surface area contributed by atoms with Crippen molar-refractivity contribution in [2.75, 3.05) is 25.2 Å². The average Bonchev–Trinajstić information content (AvgIpc) is 2.47. The van der Waals surface area contributed by atoms with Gasteiger partial charge in [0.2, 0.25) is 0 Å². The van der Waals surface area contributed by atoms with Crippen LogP contribution in [0.2, 0.25) is 0 Å². The molecule has 0 saturated carbocycles. The van der Waals surface area contributed by atoms with E-state index in [-0.39, 0.29) is 18.8 Å². The standard InChI is InChI=1S/C14H21NO3S/c1-17-13-3-2-10(12(15)9-16)8-14(13)18-11-4-6-19-7-5-11/h2-3,8,11-12,16H,4-7,9,15H2,1H3. The maximum atomic E-state index is 9.13. The van der Waals surface area contributed by atoms with E-state index >= 15 is 0 Å². The van der Waals surface area contributed by atoms with Crippen LogP contribution in [-0.4, -0.2) is 36.4 Å². The van der Waals surface area contributed by atoms with E-state index in [1.54, 1.807) is 7.11 Å². The Bertz CT molecular complexity index is 408. The molecule has 3 N–H and O–H groups in total. The zero-order chi connectivity index (χ0) is 13.7. The number of hydrogen-bond acceptors (Lipinski definition) is 5. The van der Waals surface area contributed by atoms with E-state index in [2.05, 4.69) is 0 Å². The van der Waals surface area contributed by atoms with Crippen LogP contribution in [0.15, 0.2) is 18.2 Å². The van der Waals surface area contributed by atoms with Gasteiger partial charge in [-0.15, -0.1) is 0 Å². The van der Waals surface area contributed by atoms with E-state index < -0.39 is 0 Å². The van der Waals surface area contributed by atoms with Gasteiger partial charge in [0.05, 0.1) is 19.8 Å². The molecule has 0 radical (unpaired) electrons. The van der Waals surface area contributed by atoms with E-state index in [0.29, 0.717) is 5.75 Å². The highest BCUT2D eigenvalue weighted by Crippen LogP contribution is 2.32. The number of hydrogen-bond donors (Lipinski definition) is 2. The first-order chi connectivity index (χ1) is 9.24. The third-order valence-electron chi connectivity index (χ3n) is 3.27. The number of thioether (sulfide) groups is 1. The number of methoxy groups -OCH3 is 1. The molecular weight excluding hydrogens is 262 g/mol. The van der Waals surface area contributed by atoms with Gasteiger partial charge in [0, 0.05) is 0 Å². The van der Waals surface area contributed by atoms with Crippen molar-refractivity contribution < 1.29 is 14.6 Å². The molecular formula is C14H21NO3S. The van der Waals surface area contributed by atoms with Gasteiger partial charge in [-0.05, 0) is 42.0 Å². The minimum atomic E-state index is -0.379. The minimum Gasteiger partial charge on any atom is -0.493 e. The number of ether oxygens (including phenoxy) is 2. The Morgan fingerprint density at radius 1 is 1.37 bits per heavy atom. The highest BCUT2D eigenvalue weighted by atomic mass is 32.2. The van der Waals surface area contributed by atoms with Gasteiger partial charge in [0.15, 0.2) is 11.5 Å². The molecule has 0 aliphatic carbocycles. The van der Waals surface area contributed by atoms with E-state index in [1.165, 1.54) is 0 Å². The summed E-state index contributed by atoms with van der Waals surface area (Å²) in [6, 6.07) is 5.21. The summed E-state index contributed by atoms with van der Waals surface area (Å²) in [7, 11) is 1.63. The number of benzene rings is 1. The largest absolute Gasteiger partial charge is 0.493 e. The van der Waals surface area contributed by atoms with Crippen molar-refractivity contribution in [1.82, 2.24) is 0 Å². The van der Waals surface area contributed by atoms with Crippen molar-refractivity contribution in [1.29, 1.82) is 0 Å². The predicted octanol–water partition coefficient (Wildman–Crippen LogP) is 1.96. The lowest BCUT2D eigenvalue weighted by Crippen LogP contribution is -2.22. The Kier molecular flexibility index (Phi) is 5.36. The van der Waals surface area contributed by atoms with Crippen molar-refractivity contribution in [3.8, 4) is 11.5 Å². The fraction of sp³-hybridized carbons (Fsp3) is 0.571. The third-order valence-corrected chi connectivity index (χ3v) is 4.32. The number of rotatable bonds is 5. The predicted molar refractivity (Wildman–Crippen MR) is 78.0 cm³/mol. The van der Waals surface area contributed by atoms with E-state index in [4.69, 9.17) is 20.3 Å². The molecule has 1 heterocycles. The summed E-state index contributed by atoms with van der Waals surface area (Å²) in [4.78, 5) is 0. The van der Waals surface area contributed by atoms with Crippen LogP contribution in [-0.2, 0) is 0 Å². The molecule has 0 aromatic heterocycles. The summed E-state index contributed by atoms with van der Waals surface area (Å²) in [5.74, 6) is 3.72. The van der Waals surface area contributed by atoms with Crippen LogP contribution >= 0.6 is 11.8 Å². The fourth-order valence-electron chi connectivity index (χ4n) is 2.09. The van der Waals surface area contributed by atoms with Crippen molar-refractivity contribution in [2.24, 2.45) is 5.73 Å². The smallest absolute Gasteiger partial charge is 0.161 e. The van der Waals surface area contributed by atoms with E-state index in [0.717, 1.165) is 35.7 Å². The van der Waals surface area contributed by atoms with Crippen LogP contribution in [0.3, 0.4) is 0 Å². The third kappa shape index (κ3) is 3.78. The quantitative estimate of drug-likeness (QED) is 0.865. The first-order valence-electron chi connectivity index (χ1n) is 6.53. The van der Waals surface area contributed by atoms with E-state index in [9.17, 15) is 0 Å². The van der Waals surface area contributed by atoms with Gasteiger partial charge in [0.25, 0.3) is 0 Å². The second-order valence-electron chi connectivity index (χ2n) is 4.63. The highest BCUT2D eigenvalue weighted by molar-refractivity contribution is 7.99. The zero-order valence-electron chi connectivity index (χ0n) is 11.2. The van der Waals surface area contributed by atoms with Gasteiger partial charge in [-0.1, -0.05) is 6.07 Å². The van der Waals surface area contributed by atoms with Crippen LogP contribution in [0.4, 0.5) is 0 Å². The molecule has 1 aliphatic rings. The average molecular weight is 283 g/mol. The van der Waals surface area contributed by atoms with Crippen LogP contribution in [0.5, 0.6) is 11.5 Å². The topological polar surface area (TPSA) is 64.7 Å². The molecule has 0 spiro atoms. The van der Waals surface area contributed by atoms with Gasteiger partial charge < -0.3 is 20.3 Å². The molecule has 1 fully saturated rings. The Hall–Kier alpha value is -0.910. The molecule has 4 nitrogen and oxygen atoms in total. The normalized spacial score (nSPS) is 18.1. The molecule has 2 rings (SSSR count). The summed E-state index contributed by atoms with van der Waals surface area (Å²) >= 11 is 1.97. The van der Waals surface area contributed by atoms with Gasteiger partial charge in [0.1, 0.15) is 6.10 Å². The van der Waals surface area contributed by atoms with Gasteiger partial charge >= 0.3 is 0 Å². The van der Waals surface area contributed by atoms with Crippen molar-refractivity contribution in [3.63, 3.8) is 0 Å². The van der Waals surface area contributed by atoms with Gasteiger partial charge in [-0.3, -0.25) is 0 Å². The van der Waals surface area contributed by atoms with Gasteiger partial charge in [-0.25, -0.2) is 0 Å². The lowest BCUT2D eigenvalue weighted by Gasteiger charge is -2.24. The first kappa shape index (κ1) is 14.5. The molecule has 0 amide bonds. The Balaban J connectivity index is 2.15. The molecule has 1 saturated heterocycles. The molecule has 5 heteroatoms. The number of nitrogens with two attached hydrogens (primary N) is 1. The second-order valence-corrected chi connectivity index (χ2v) is 5.85. The van der Waals surface area contributed by atoms with Crippen molar-refractivity contribution in [2.45, 2.75) is 25.0 Å². The van der Waals surface area contributed by atoms with Crippen LogP contribution < -0.4 is 15.2 Å². The summed E-state index contributed by atoms with van der Waals surface area (Å²) in [5.41, 5.74) is 6.70. The van der Waals surface area contributed by atoms with Crippen LogP contribution in [0.25, 0.3) is 0 Å². The molecule has 1 aliphatic heterocycles. The van der Waals surface area contributed by atoms with Gasteiger partial charge in [-0.2, -0.15) is 11.8 Å². The zero-order valence-corrected chi connectivity index (χ0v) is 12.0. The van der Waals surface area contributed by atoms with E-state index in [1.807, 2.05) is 30.0 Å². The Labute approximate surface area is 118 Å². The maximum absolute atomic E-state index is 9.13. The summed E-state index contributed by atoms with van der Waals surface area (Å²) in [6.45, 7) is -0.0775. The Morgan fingerprint density at radius 3 is 2.74 bits per heavy atom. The minimum absolute atomic E-state index is 0.0775. The monoisotopic (exact) mass is 283 g/mol. The highest BCUT2D eigenvalue weighted by Gasteiger charge is 2.18. The van der Waals surface area contributed by atoms with Crippen LogP contribution in [0.1, 0.15) is 24.4 Å². The number of aliphatic hydroxyl groups excluding tert-OH is 1.